The highest BCUT2D eigenvalue weighted by atomic mass is 16.4. The van der Waals surface area contributed by atoms with Gasteiger partial charge in [0.25, 0.3) is 0 Å². The number of phenolic OH excluding ortho intramolecular Hbond substituents is 1. The van der Waals surface area contributed by atoms with Gasteiger partial charge in [-0.1, -0.05) is 42.5 Å². The molecule has 11 N–H and O–H groups in total. The molecule has 228 valence electrons. The minimum Gasteiger partial charge on any atom is -0.508 e. The minimum absolute atomic E-state index is 0.0173. The van der Waals surface area contributed by atoms with Crippen molar-refractivity contribution in [2.24, 2.45) is 17.2 Å². The molecule has 0 heterocycles. The van der Waals surface area contributed by atoms with E-state index in [2.05, 4.69) is 16.0 Å². The van der Waals surface area contributed by atoms with E-state index in [9.17, 15) is 34.2 Å². The summed E-state index contributed by atoms with van der Waals surface area (Å²) in [6, 6.07) is 10.5. The molecule has 0 saturated heterocycles. The molecule has 0 aromatic heterocycles. The van der Waals surface area contributed by atoms with Crippen molar-refractivity contribution in [2.75, 3.05) is 6.54 Å². The lowest BCUT2D eigenvalue weighted by Crippen LogP contribution is -2.57. The van der Waals surface area contributed by atoms with Gasteiger partial charge in [0.15, 0.2) is 0 Å². The van der Waals surface area contributed by atoms with E-state index in [0.717, 1.165) is 5.56 Å². The Morgan fingerprint density at radius 2 is 1.29 bits per heavy atom. The first-order valence-electron chi connectivity index (χ1n) is 13.7. The fourth-order valence-corrected chi connectivity index (χ4v) is 4.17. The van der Waals surface area contributed by atoms with Crippen LogP contribution in [0.5, 0.6) is 5.75 Å². The maximum atomic E-state index is 13.5. The lowest BCUT2D eigenvalue weighted by molar-refractivity contribution is -0.142. The summed E-state index contributed by atoms with van der Waals surface area (Å²) in [4.78, 5) is 62.5. The molecule has 0 aliphatic heterocycles. The lowest BCUT2D eigenvalue weighted by atomic mass is 10.0. The molecule has 0 spiro atoms. The van der Waals surface area contributed by atoms with E-state index in [-0.39, 0.29) is 37.9 Å². The number of carbonyl (C=O) groups is 5. The van der Waals surface area contributed by atoms with E-state index in [1.807, 2.05) is 30.3 Å². The van der Waals surface area contributed by atoms with Gasteiger partial charge in [-0.3, -0.25) is 19.2 Å². The Balaban J connectivity index is 2.23. The Morgan fingerprint density at radius 1 is 0.714 bits per heavy atom. The molecular formula is C29H40N6O7. The van der Waals surface area contributed by atoms with Crippen LogP contribution in [-0.2, 0) is 36.8 Å². The second-order valence-electron chi connectivity index (χ2n) is 9.98. The molecule has 13 heteroatoms. The molecule has 2 aromatic rings. The zero-order valence-corrected chi connectivity index (χ0v) is 23.3. The van der Waals surface area contributed by atoms with Crippen LogP contribution in [0.4, 0.5) is 0 Å². The van der Waals surface area contributed by atoms with Gasteiger partial charge in [0.05, 0.1) is 6.04 Å². The summed E-state index contributed by atoms with van der Waals surface area (Å²) < 4.78 is 0. The van der Waals surface area contributed by atoms with Crippen molar-refractivity contribution < 1.29 is 34.2 Å². The number of aromatic hydroxyl groups is 1. The first-order chi connectivity index (χ1) is 20.0. The van der Waals surface area contributed by atoms with Gasteiger partial charge < -0.3 is 43.4 Å². The van der Waals surface area contributed by atoms with Crippen molar-refractivity contribution >= 4 is 29.6 Å². The van der Waals surface area contributed by atoms with Crippen LogP contribution in [0.1, 0.15) is 43.2 Å². The number of hydrogen-bond donors (Lipinski definition) is 8. The molecule has 0 aliphatic carbocycles. The van der Waals surface area contributed by atoms with E-state index in [1.54, 1.807) is 12.1 Å². The number of nitrogens with two attached hydrogens (primary N) is 3. The van der Waals surface area contributed by atoms with E-state index < -0.39 is 53.8 Å². The summed E-state index contributed by atoms with van der Waals surface area (Å²) in [5, 5.41) is 26.8. The molecule has 4 amide bonds. The highest BCUT2D eigenvalue weighted by molar-refractivity contribution is 5.94. The highest BCUT2D eigenvalue weighted by Crippen LogP contribution is 2.13. The second kappa shape index (κ2) is 17.4. The van der Waals surface area contributed by atoms with Crippen LogP contribution in [0.15, 0.2) is 54.6 Å². The molecular weight excluding hydrogens is 544 g/mol. The summed E-state index contributed by atoms with van der Waals surface area (Å²) in [6.07, 6.45) is 0.903. The van der Waals surface area contributed by atoms with Crippen LogP contribution in [0.2, 0.25) is 0 Å². The summed E-state index contributed by atoms with van der Waals surface area (Å²) >= 11 is 0. The van der Waals surface area contributed by atoms with E-state index >= 15 is 0 Å². The van der Waals surface area contributed by atoms with Crippen LogP contribution < -0.4 is 33.2 Å². The number of amides is 4. The van der Waals surface area contributed by atoms with E-state index in [4.69, 9.17) is 17.2 Å². The maximum Gasteiger partial charge on any atom is 0.326 e. The molecule has 0 radical (unpaired) electrons. The second-order valence-corrected chi connectivity index (χ2v) is 9.98. The number of hydrogen-bond acceptors (Lipinski definition) is 8. The third-order valence-corrected chi connectivity index (χ3v) is 6.52. The molecule has 2 rings (SSSR count). The van der Waals surface area contributed by atoms with Gasteiger partial charge in [0.2, 0.25) is 23.6 Å². The van der Waals surface area contributed by atoms with Crippen LogP contribution in [0.25, 0.3) is 0 Å². The SMILES string of the molecule is NCCCCC(NC(=O)C(Cc1ccc(O)cc1)NC(=O)C(N)Cc1ccccc1)C(=O)NC(CCC(N)=O)C(=O)O. The molecule has 0 bridgehead atoms. The average molecular weight is 585 g/mol. The number of rotatable bonds is 18. The molecule has 0 fully saturated rings. The quantitative estimate of drug-likeness (QED) is 0.105. The Kier molecular flexibility index (Phi) is 13.9. The van der Waals surface area contributed by atoms with Gasteiger partial charge in [0, 0.05) is 12.8 Å². The predicted molar refractivity (Wildman–Crippen MR) is 155 cm³/mol. The fraction of sp³-hybridized carbons (Fsp3) is 0.414. The van der Waals surface area contributed by atoms with Crippen molar-refractivity contribution in [1.82, 2.24) is 16.0 Å². The molecule has 0 saturated carbocycles. The number of carboxylic acids is 1. The van der Waals surface area contributed by atoms with Gasteiger partial charge in [0.1, 0.15) is 23.9 Å². The number of carboxylic acid groups (broad SMARTS) is 1. The van der Waals surface area contributed by atoms with Gasteiger partial charge in [-0.2, -0.15) is 0 Å². The third kappa shape index (κ3) is 11.9. The Hall–Kier alpha value is -4.49. The number of unbranched alkanes of at least 4 members (excludes halogenated alkanes) is 1. The zero-order chi connectivity index (χ0) is 31.1. The van der Waals surface area contributed by atoms with E-state index in [1.165, 1.54) is 12.1 Å². The van der Waals surface area contributed by atoms with Crippen molar-refractivity contribution in [3.05, 3.63) is 65.7 Å². The van der Waals surface area contributed by atoms with Crippen LogP contribution in [0.3, 0.4) is 0 Å². The largest absolute Gasteiger partial charge is 0.508 e. The number of carbonyl (C=O) groups excluding carboxylic acids is 4. The lowest BCUT2D eigenvalue weighted by Gasteiger charge is -2.25. The number of primary amides is 1. The number of nitrogens with one attached hydrogen (secondary N) is 3. The fourth-order valence-electron chi connectivity index (χ4n) is 4.17. The zero-order valence-electron chi connectivity index (χ0n) is 23.3. The predicted octanol–water partition coefficient (Wildman–Crippen LogP) is -0.562. The Morgan fingerprint density at radius 3 is 1.88 bits per heavy atom. The smallest absolute Gasteiger partial charge is 0.326 e. The molecule has 0 aliphatic rings. The van der Waals surface area contributed by atoms with Crippen LogP contribution in [0, 0.1) is 0 Å². The van der Waals surface area contributed by atoms with Crippen LogP contribution >= 0.6 is 0 Å². The molecule has 4 unspecified atom stereocenters. The van der Waals surface area contributed by atoms with Gasteiger partial charge in [-0.05, 0) is 61.9 Å². The monoisotopic (exact) mass is 584 g/mol. The summed E-state index contributed by atoms with van der Waals surface area (Å²) in [6.45, 7) is 0.345. The average Bonchev–Trinajstić information content (AvgIpc) is 2.95. The van der Waals surface area contributed by atoms with Crippen molar-refractivity contribution in [3.63, 3.8) is 0 Å². The van der Waals surface area contributed by atoms with Crippen molar-refractivity contribution in [1.29, 1.82) is 0 Å². The topological polar surface area (TPSA) is 240 Å². The summed E-state index contributed by atoms with van der Waals surface area (Å²) in [5.74, 6) is -4.11. The minimum atomic E-state index is -1.40. The van der Waals surface area contributed by atoms with Crippen LogP contribution in [-0.4, -0.2) is 70.5 Å². The maximum absolute atomic E-state index is 13.5. The first-order valence-corrected chi connectivity index (χ1v) is 13.7. The molecule has 42 heavy (non-hydrogen) atoms. The summed E-state index contributed by atoms with van der Waals surface area (Å²) in [5.41, 5.74) is 18.3. The highest BCUT2D eigenvalue weighted by Gasteiger charge is 2.30. The van der Waals surface area contributed by atoms with Crippen molar-refractivity contribution in [3.8, 4) is 5.75 Å². The number of phenols is 1. The molecule has 4 atom stereocenters. The molecule has 13 nitrogen and oxygen atoms in total. The number of benzene rings is 2. The van der Waals surface area contributed by atoms with E-state index in [0.29, 0.717) is 24.9 Å². The van der Waals surface area contributed by atoms with Gasteiger partial charge >= 0.3 is 5.97 Å². The van der Waals surface area contributed by atoms with Crippen molar-refractivity contribution in [2.45, 2.75) is 69.1 Å². The van der Waals surface area contributed by atoms with Gasteiger partial charge in [-0.25, -0.2) is 4.79 Å². The Bertz CT molecular complexity index is 1190. The Labute approximate surface area is 244 Å². The third-order valence-electron chi connectivity index (χ3n) is 6.52. The first kappa shape index (κ1) is 33.7. The summed E-state index contributed by atoms with van der Waals surface area (Å²) in [7, 11) is 0. The standard InChI is InChI=1S/C29H40N6O7/c30-15-5-4-8-22(27(39)34-23(29(41)42)13-14-25(32)37)33-28(40)24(17-19-9-11-20(36)12-10-19)35-26(38)21(31)16-18-6-2-1-3-7-18/h1-3,6-7,9-12,21-24,36H,4-5,8,13-17,30-31H2,(H2,32,37)(H,33,40)(H,34,39)(H,35,38)(H,41,42). The molecule has 2 aromatic carbocycles. The normalized spacial score (nSPS) is 13.7. The van der Waals surface area contributed by atoms with Gasteiger partial charge in [-0.15, -0.1) is 0 Å². The number of aliphatic carboxylic acids is 1.